The number of nitro benzene ring substituents is 1. The molecule has 0 atom stereocenters. The maximum Gasteiger partial charge on any atom is 0.418 e. The van der Waals surface area contributed by atoms with Crippen molar-refractivity contribution >= 4 is 28.9 Å². The van der Waals surface area contributed by atoms with Crippen LogP contribution in [0.15, 0.2) is 60.7 Å². The van der Waals surface area contributed by atoms with E-state index in [9.17, 15) is 37.3 Å². The predicted octanol–water partition coefficient (Wildman–Crippen LogP) is 5.27. The highest BCUT2D eigenvalue weighted by molar-refractivity contribution is 6.06. The van der Waals surface area contributed by atoms with Crippen molar-refractivity contribution in [3.8, 4) is 5.75 Å². The number of halogens is 4. The fraction of sp³-hybridized carbons (Fsp3) is 0.0909. The molecular weight excluding hydrogens is 462 g/mol. The number of hydrogen-bond donors (Lipinski definition) is 2. The lowest BCUT2D eigenvalue weighted by atomic mass is 10.1. The summed E-state index contributed by atoms with van der Waals surface area (Å²) in [6, 6.07) is 10.2. The van der Waals surface area contributed by atoms with Crippen LogP contribution in [0.25, 0.3) is 0 Å². The molecule has 0 spiro atoms. The van der Waals surface area contributed by atoms with Gasteiger partial charge in [0.15, 0.2) is 5.75 Å². The molecule has 0 fully saturated rings. The summed E-state index contributed by atoms with van der Waals surface area (Å²) in [5.41, 5.74) is -2.90. The second-order valence-corrected chi connectivity index (χ2v) is 6.82. The summed E-state index contributed by atoms with van der Waals surface area (Å²) in [5, 5.41) is 15.5. The van der Waals surface area contributed by atoms with Gasteiger partial charge in [-0.25, -0.2) is 4.39 Å². The summed E-state index contributed by atoms with van der Waals surface area (Å²) in [5.74, 6) is -2.51. The Morgan fingerprint density at radius 3 is 2.12 bits per heavy atom. The average molecular weight is 477 g/mol. The zero-order valence-electron chi connectivity index (χ0n) is 17.3. The monoisotopic (exact) mass is 477 g/mol. The number of benzene rings is 3. The standard InChI is InChI=1S/C22H15F4N3O5/c1-34-19-9-4-13(10-18(19)29(32)33)21(31)28-17-8-7-15(11-16(17)22(24,25)26)27-20(30)12-2-5-14(23)6-3-12/h2-11H,1H3,(H,27,30)(H,28,31). The summed E-state index contributed by atoms with van der Waals surface area (Å²) in [6.07, 6.45) is -4.91. The van der Waals surface area contributed by atoms with Gasteiger partial charge in [0.25, 0.3) is 11.8 Å². The fourth-order valence-corrected chi connectivity index (χ4v) is 2.94. The number of carbonyl (C=O) groups is 2. The lowest BCUT2D eigenvalue weighted by Crippen LogP contribution is -2.18. The Morgan fingerprint density at radius 2 is 1.53 bits per heavy atom. The maximum absolute atomic E-state index is 13.6. The third kappa shape index (κ3) is 5.46. The molecule has 0 saturated carbocycles. The van der Waals surface area contributed by atoms with Gasteiger partial charge in [0, 0.05) is 22.9 Å². The predicted molar refractivity (Wildman–Crippen MR) is 113 cm³/mol. The number of carbonyl (C=O) groups excluding carboxylic acids is 2. The van der Waals surface area contributed by atoms with Crippen LogP contribution in [0.1, 0.15) is 26.3 Å². The Balaban J connectivity index is 1.88. The fourth-order valence-electron chi connectivity index (χ4n) is 2.94. The lowest BCUT2D eigenvalue weighted by Gasteiger charge is -2.16. The molecule has 3 aromatic rings. The minimum Gasteiger partial charge on any atom is -0.490 e. The molecule has 0 radical (unpaired) electrons. The van der Waals surface area contributed by atoms with Gasteiger partial charge in [-0.05, 0) is 54.6 Å². The molecule has 0 heterocycles. The number of ether oxygens (including phenoxy) is 1. The van der Waals surface area contributed by atoms with Gasteiger partial charge in [0.05, 0.1) is 23.3 Å². The van der Waals surface area contributed by atoms with Gasteiger partial charge < -0.3 is 15.4 Å². The molecule has 3 aromatic carbocycles. The highest BCUT2D eigenvalue weighted by atomic mass is 19.4. The molecule has 3 rings (SSSR count). The van der Waals surface area contributed by atoms with Gasteiger partial charge >= 0.3 is 11.9 Å². The van der Waals surface area contributed by atoms with E-state index in [0.29, 0.717) is 6.07 Å². The Hall–Kier alpha value is -4.48. The second kappa shape index (κ2) is 9.57. The van der Waals surface area contributed by atoms with E-state index >= 15 is 0 Å². The smallest absolute Gasteiger partial charge is 0.418 e. The van der Waals surface area contributed by atoms with E-state index in [4.69, 9.17) is 4.74 Å². The molecule has 0 bridgehead atoms. The SMILES string of the molecule is COc1ccc(C(=O)Nc2ccc(NC(=O)c3ccc(F)cc3)cc2C(F)(F)F)cc1[N+](=O)[O-]. The first kappa shape index (κ1) is 24.2. The van der Waals surface area contributed by atoms with Gasteiger partial charge in [0.2, 0.25) is 0 Å². The van der Waals surface area contributed by atoms with Crippen LogP contribution in [0, 0.1) is 15.9 Å². The van der Waals surface area contributed by atoms with Crippen LogP contribution in [0.4, 0.5) is 34.6 Å². The van der Waals surface area contributed by atoms with Crippen LogP contribution in [0.2, 0.25) is 0 Å². The number of methoxy groups -OCH3 is 1. The number of amides is 2. The Kier molecular flexibility index (Phi) is 6.80. The van der Waals surface area contributed by atoms with Crippen molar-refractivity contribution in [2.24, 2.45) is 0 Å². The number of hydrogen-bond acceptors (Lipinski definition) is 5. The molecule has 12 heteroatoms. The molecule has 0 aromatic heterocycles. The van der Waals surface area contributed by atoms with Gasteiger partial charge in [0.1, 0.15) is 5.82 Å². The molecule has 0 unspecified atom stereocenters. The number of nitro groups is 1. The van der Waals surface area contributed by atoms with Crippen molar-refractivity contribution in [1.29, 1.82) is 0 Å². The molecule has 0 aliphatic rings. The first-order valence-corrected chi connectivity index (χ1v) is 9.41. The average Bonchev–Trinajstić information content (AvgIpc) is 2.79. The van der Waals surface area contributed by atoms with Gasteiger partial charge in [-0.2, -0.15) is 13.2 Å². The zero-order chi connectivity index (χ0) is 25.0. The van der Waals surface area contributed by atoms with Gasteiger partial charge in [-0.1, -0.05) is 0 Å². The lowest BCUT2D eigenvalue weighted by molar-refractivity contribution is -0.385. The number of nitrogens with one attached hydrogen (secondary N) is 2. The Morgan fingerprint density at radius 1 is 0.912 bits per heavy atom. The highest BCUT2D eigenvalue weighted by Gasteiger charge is 2.34. The van der Waals surface area contributed by atoms with Crippen molar-refractivity contribution in [2.45, 2.75) is 6.18 Å². The molecule has 2 N–H and O–H groups in total. The topological polar surface area (TPSA) is 111 Å². The molecule has 0 aliphatic heterocycles. The number of alkyl halides is 3. The second-order valence-electron chi connectivity index (χ2n) is 6.82. The maximum atomic E-state index is 13.6. The third-order valence-electron chi connectivity index (χ3n) is 4.58. The first-order chi connectivity index (χ1) is 16.0. The van der Waals surface area contributed by atoms with Crippen molar-refractivity contribution < 1.29 is 36.8 Å². The zero-order valence-corrected chi connectivity index (χ0v) is 17.3. The summed E-state index contributed by atoms with van der Waals surface area (Å²) in [6.45, 7) is 0. The molecule has 2 amide bonds. The molecule has 8 nitrogen and oxygen atoms in total. The molecule has 176 valence electrons. The van der Waals surface area contributed by atoms with E-state index in [1.165, 1.54) is 7.11 Å². The van der Waals surface area contributed by atoms with Gasteiger partial charge in [-0.15, -0.1) is 0 Å². The highest BCUT2D eigenvalue weighted by Crippen LogP contribution is 2.37. The molecule has 0 aliphatic carbocycles. The van der Waals surface area contributed by atoms with Crippen LogP contribution in [0.5, 0.6) is 5.75 Å². The normalized spacial score (nSPS) is 11.0. The number of rotatable bonds is 6. The van der Waals surface area contributed by atoms with Crippen LogP contribution in [-0.4, -0.2) is 23.8 Å². The molecular formula is C22H15F4N3O5. The van der Waals surface area contributed by atoms with Gasteiger partial charge in [-0.3, -0.25) is 19.7 Å². The van der Waals surface area contributed by atoms with Crippen LogP contribution in [-0.2, 0) is 6.18 Å². The number of nitrogens with zero attached hydrogens (tertiary/aromatic N) is 1. The van der Waals surface area contributed by atoms with E-state index in [2.05, 4.69) is 10.6 Å². The van der Waals surface area contributed by atoms with E-state index in [0.717, 1.165) is 54.6 Å². The van der Waals surface area contributed by atoms with Crippen LogP contribution >= 0.6 is 0 Å². The molecule has 0 saturated heterocycles. The summed E-state index contributed by atoms with van der Waals surface area (Å²) in [4.78, 5) is 35.1. The van der Waals surface area contributed by atoms with Crippen LogP contribution in [0.3, 0.4) is 0 Å². The largest absolute Gasteiger partial charge is 0.490 e. The number of anilines is 2. The van der Waals surface area contributed by atoms with E-state index < -0.39 is 45.7 Å². The van der Waals surface area contributed by atoms with E-state index in [1.807, 2.05) is 0 Å². The quantitative estimate of drug-likeness (QED) is 0.286. The van der Waals surface area contributed by atoms with Crippen LogP contribution < -0.4 is 15.4 Å². The van der Waals surface area contributed by atoms with Crippen molar-refractivity contribution in [1.82, 2.24) is 0 Å². The van der Waals surface area contributed by atoms with Crippen molar-refractivity contribution in [3.63, 3.8) is 0 Å². The van der Waals surface area contributed by atoms with E-state index in [-0.39, 0.29) is 22.6 Å². The minimum absolute atomic E-state index is 0.0217. The van der Waals surface area contributed by atoms with Crippen molar-refractivity contribution in [2.75, 3.05) is 17.7 Å². The molecule has 34 heavy (non-hydrogen) atoms. The van der Waals surface area contributed by atoms with Crippen molar-refractivity contribution in [3.05, 3.63) is 93.3 Å². The summed E-state index contributed by atoms with van der Waals surface area (Å²) >= 11 is 0. The van der Waals surface area contributed by atoms with E-state index in [1.54, 1.807) is 0 Å². The first-order valence-electron chi connectivity index (χ1n) is 9.41. The summed E-state index contributed by atoms with van der Waals surface area (Å²) < 4.78 is 58.8. The minimum atomic E-state index is -4.91. The summed E-state index contributed by atoms with van der Waals surface area (Å²) in [7, 11) is 1.19. The Bertz CT molecular complexity index is 1260. The third-order valence-corrected chi connectivity index (χ3v) is 4.58. The Labute approximate surface area is 189 Å².